The molecule has 8 rings (SSSR count). The number of phenols is 1. The van der Waals surface area contributed by atoms with Gasteiger partial charge in [-0.2, -0.15) is 13.5 Å². The average Bonchev–Trinajstić information content (AvgIpc) is 3.34. The first-order chi connectivity index (χ1) is 34.2. The predicted molar refractivity (Wildman–Crippen MR) is 275 cm³/mol. The minimum Gasteiger partial charge on any atom is -0.870 e. The van der Waals surface area contributed by atoms with E-state index in [9.17, 15) is 45.7 Å². The van der Waals surface area contributed by atoms with E-state index in [0.29, 0.717) is 44.4 Å². The number of aryl methyl sites for hydroxylation is 2. The first-order valence-electron chi connectivity index (χ1n) is 20.9. The Labute approximate surface area is 457 Å². The van der Waals surface area contributed by atoms with Crippen LogP contribution in [-0.2, 0) is 20.2 Å². The zero-order valence-electron chi connectivity index (χ0n) is 38.7. The second kappa shape index (κ2) is 23.4. The van der Waals surface area contributed by atoms with Gasteiger partial charge in [0.05, 0.1) is 45.3 Å². The van der Waals surface area contributed by atoms with Gasteiger partial charge in [0.1, 0.15) is 38.7 Å². The molecule has 8 aromatic rings. The van der Waals surface area contributed by atoms with Crippen LogP contribution in [0.2, 0.25) is 10.0 Å². The van der Waals surface area contributed by atoms with Gasteiger partial charge in [0.15, 0.2) is 5.75 Å². The molecule has 0 radical (unpaired) electrons. The molecule has 0 saturated carbocycles. The Morgan fingerprint density at radius 3 is 1.47 bits per heavy atom. The Morgan fingerprint density at radius 2 is 1.00 bits per heavy atom. The van der Waals surface area contributed by atoms with E-state index in [1.165, 1.54) is 52.3 Å². The monoisotopic (exact) mass is 1090 g/mol. The summed E-state index contributed by atoms with van der Waals surface area (Å²) in [6.45, 7) is 2.89. The van der Waals surface area contributed by atoms with Gasteiger partial charge in [0.25, 0.3) is 21.9 Å². The number of ether oxygens (including phenoxy) is 2. The van der Waals surface area contributed by atoms with E-state index in [2.05, 4.69) is 31.1 Å². The molecule has 18 nitrogen and oxygen atoms in total. The van der Waals surface area contributed by atoms with Crippen molar-refractivity contribution in [2.75, 3.05) is 24.9 Å². The Kier molecular flexibility index (Phi) is 17.8. The van der Waals surface area contributed by atoms with Gasteiger partial charge < -0.3 is 34.9 Å². The number of hydrogen-bond donors (Lipinski definition) is 4. The van der Waals surface area contributed by atoms with Gasteiger partial charge in [0.2, 0.25) is 0 Å². The van der Waals surface area contributed by atoms with Crippen molar-refractivity contribution >= 4 is 149 Å². The number of fused-ring (bicyclic) bond motifs is 2. The smallest absolute Gasteiger partial charge is 0.870 e. The molecular weight excluding hydrogens is 1050 g/mol. The minimum absolute atomic E-state index is 0. The molecule has 23 heteroatoms. The summed E-state index contributed by atoms with van der Waals surface area (Å²) in [5.74, 6) is -1.13. The quantitative estimate of drug-likeness (QED) is 0.0505. The molecule has 0 aliphatic heterocycles. The summed E-state index contributed by atoms with van der Waals surface area (Å²) >= 11 is 12.4. The first-order valence-corrected chi connectivity index (χ1v) is 24.5. The van der Waals surface area contributed by atoms with Crippen LogP contribution >= 0.6 is 23.2 Å². The number of rotatable bonds is 12. The molecule has 0 aliphatic rings. The number of aromatic hydroxyl groups is 1. The number of halogens is 2. The molecule has 0 spiro atoms. The van der Waals surface area contributed by atoms with Crippen molar-refractivity contribution in [1.82, 2.24) is 0 Å². The summed E-state index contributed by atoms with van der Waals surface area (Å²) < 4.78 is 77.7. The molecule has 73 heavy (non-hydrogen) atoms. The van der Waals surface area contributed by atoms with Crippen LogP contribution in [0.4, 0.5) is 34.1 Å². The normalized spacial score (nSPS) is 11.5. The zero-order chi connectivity index (χ0) is 52.1. The molecule has 0 saturated heterocycles. The molecule has 368 valence electrons. The number of carbonyl (C=O) groups is 2. The number of anilines is 2. The number of amides is 2. The van der Waals surface area contributed by atoms with E-state index in [1.807, 2.05) is 0 Å². The van der Waals surface area contributed by atoms with Gasteiger partial charge >= 0.3 is 37.7 Å². The molecule has 0 fully saturated rings. The van der Waals surface area contributed by atoms with Gasteiger partial charge in [-0.3, -0.25) is 14.1 Å². The molecule has 8 aromatic carbocycles. The first kappa shape index (κ1) is 55.6. The Bertz CT molecular complexity index is 3490. The number of benzene rings is 8. The SMILES string of the molecule is COc1ccc(NC(=O)c2cc3ccccc3c(N=Nc3cc(S(=O)(=O)O)c(C)cc3Cl)c2O)cc1.COc1ccc(NC(=O)c2cc3ccccc3c(N=Nc3cc(S(=O)(=O)[O-])c(C)cc3Cl)c2[O-])cc1.[Ca+2]. The fraction of sp³-hybridized carbons (Fsp3) is 0.0800. The summed E-state index contributed by atoms with van der Waals surface area (Å²) in [6.07, 6.45) is 0. The number of methoxy groups -OCH3 is 2. The molecule has 0 bridgehead atoms. The van der Waals surface area contributed by atoms with Crippen LogP contribution in [0.15, 0.2) is 164 Å². The van der Waals surface area contributed by atoms with E-state index < -0.39 is 48.4 Å². The molecule has 0 atom stereocenters. The molecule has 0 aromatic heterocycles. The summed E-state index contributed by atoms with van der Waals surface area (Å²) in [4.78, 5) is 25.1. The van der Waals surface area contributed by atoms with E-state index in [-0.39, 0.29) is 97.7 Å². The Morgan fingerprint density at radius 1 is 0.589 bits per heavy atom. The summed E-state index contributed by atoms with van der Waals surface area (Å²) in [6, 6.07) is 34.6. The number of hydrogen-bond acceptors (Lipinski definition) is 15. The third kappa shape index (κ3) is 13.1. The maximum absolute atomic E-state index is 13.3. The van der Waals surface area contributed by atoms with Crippen LogP contribution < -0.4 is 25.2 Å². The number of nitrogens with one attached hydrogen (secondary N) is 2. The molecule has 0 unspecified atom stereocenters. The van der Waals surface area contributed by atoms with E-state index in [4.69, 9.17) is 32.7 Å². The summed E-state index contributed by atoms with van der Waals surface area (Å²) in [5, 5.41) is 48.0. The summed E-state index contributed by atoms with van der Waals surface area (Å²) in [5.41, 5.74) is 0.778. The van der Waals surface area contributed by atoms with Crippen molar-refractivity contribution < 1.29 is 55.2 Å². The predicted octanol–water partition coefficient (Wildman–Crippen LogP) is 11.5. The van der Waals surface area contributed by atoms with Crippen molar-refractivity contribution in [2.45, 2.75) is 23.6 Å². The fourth-order valence-electron chi connectivity index (χ4n) is 7.11. The minimum atomic E-state index is -4.78. The molecule has 0 aliphatic carbocycles. The van der Waals surface area contributed by atoms with Crippen LogP contribution in [-0.4, -0.2) is 94.8 Å². The molecule has 4 N–H and O–H groups in total. The van der Waals surface area contributed by atoms with E-state index in [0.717, 1.165) is 12.1 Å². The zero-order valence-corrected chi connectivity index (χ0v) is 44.1. The van der Waals surface area contributed by atoms with Crippen molar-refractivity contribution in [3.8, 4) is 23.0 Å². The van der Waals surface area contributed by atoms with Crippen LogP contribution in [0, 0.1) is 13.8 Å². The van der Waals surface area contributed by atoms with Crippen molar-refractivity contribution in [2.24, 2.45) is 20.5 Å². The van der Waals surface area contributed by atoms with Crippen LogP contribution in [0.1, 0.15) is 31.8 Å². The van der Waals surface area contributed by atoms with E-state index >= 15 is 0 Å². The third-order valence-corrected chi connectivity index (χ3v) is 13.3. The van der Waals surface area contributed by atoms with Crippen molar-refractivity contribution in [1.29, 1.82) is 0 Å². The molecule has 2 amide bonds. The van der Waals surface area contributed by atoms with Gasteiger partial charge in [-0.25, -0.2) is 8.42 Å². The third-order valence-electron chi connectivity index (χ3n) is 10.7. The van der Waals surface area contributed by atoms with Crippen LogP contribution in [0.25, 0.3) is 21.5 Å². The maximum Gasteiger partial charge on any atom is 2.00 e. The second-order valence-electron chi connectivity index (χ2n) is 15.5. The molecule has 0 heterocycles. The van der Waals surface area contributed by atoms with E-state index in [1.54, 1.807) is 97.1 Å². The van der Waals surface area contributed by atoms with Crippen molar-refractivity contribution in [3.05, 3.63) is 166 Å². The van der Waals surface area contributed by atoms with Crippen molar-refractivity contribution in [3.63, 3.8) is 0 Å². The number of azo groups is 2. The summed E-state index contributed by atoms with van der Waals surface area (Å²) in [7, 11) is -6.25. The fourth-order valence-corrected chi connectivity index (χ4v) is 9.05. The second-order valence-corrected chi connectivity index (χ2v) is 19.1. The van der Waals surface area contributed by atoms with Crippen LogP contribution in [0.3, 0.4) is 0 Å². The topological polar surface area (TPSA) is 281 Å². The van der Waals surface area contributed by atoms with Crippen LogP contribution in [0.5, 0.6) is 23.0 Å². The maximum atomic E-state index is 13.3. The average molecular weight is 1090 g/mol. The van der Waals surface area contributed by atoms with Gasteiger partial charge in [-0.1, -0.05) is 77.5 Å². The largest absolute Gasteiger partial charge is 2.00 e. The van der Waals surface area contributed by atoms with Gasteiger partial charge in [0, 0.05) is 27.7 Å². The Balaban J connectivity index is 0.000000235. The number of nitrogens with zero attached hydrogens (tertiary/aromatic N) is 4. The standard InChI is InChI=1S/2C25H20ClN3O6S.Ca/c2*1-14-11-20(26)21(13-22(14)36(32,33)34)28-29-23-18-6-4-3-5-15(18)12-19(24(23)30)25(31)27-16-7-9-17(35-2)10-8-16;/h2*3-13,30H,1-2H3,(H,27,31)(H,32,33,34);/q;;+2/p-2. The number of phenolic OH excluding ortho intramolecular Hbond substituents is 1. The Hall–Kier alpha value is -6.72. The molecular formula is C50H38CaCl2N6O12S2. The van der Waals surface area contributed by atoms with Gasteiger partial charge in [-0.15, -0.1) is 15.3 Å². The van der Waals surface area contributed by atoms with Gasteiger partial charge in [-0.05, 0) is 121 Å². The number of carbonyl (C=O) groups excluding carboxylic acids is 2.